The average Bonchev–Trinajstić information content (AvgIpc) is 2.23. The van der Waals surface area contributed by atoms with Crippen LogP contribution < -0.4 is 0 Å². The van der Waals surface area contributed by atoms with Gasteiger partial charge in [-0.3, -0.25) is 0 Å². The Morgan fingerprint density at radius 2 is 1.50 bits per heavy atom. The molecule has 0 aromatic carbocycles. The zero-order chi connectivity index (χ0) is 14.0. The zero-order valence-electron chi connectivity index (χ0n) is 8.93. The fraction of sp³-hybridized carbons (Fsp3) is 0.625. The molecule has 0 aliphatic heterocycles. The molecule has 1 aromatic heterocycles. The second kappa shape index (κ2) is 5.04. The Bertz CT molecular complexity index is 416. The summed E-state index contributed by atoms with van der Waals surface area (Å²) in [7, 11) is 0. The smallest absolute Gasteiger partial charge is 0.374 e. The maximum Gasteiger partial charge on any atom is 0.437 e. The molecule has 1 aromatic rings. The third-order valence-electron chi connectivity index (χ3n) is 1.70. The lowest BCUT2D eigenvalue weighted by atomic mass is 10.3. The van der Waals surface area contributed by atoms with Crippen molar-refractivity contribution >= 4 is 0 Å². The quantitative estimate of drug-likeness (QED) is 0.795. The van der Waals surface area contributed by atoms with Crippen molar-refractivity contribution in [3.8, 4) is 0 Å². The Kier molecular flexibility index (Phi) is 4.09. The first-order valence-corrected chi connectivity index (χ1v) is 4.62. The van der Waals surface area contributed by atoms with Gasteiger partial charge in [0.2, 0.25) is 0 Å². The van der Waals surface area contributed by atoms with Gasteiger partial charge in [0, 0.05) is 6.61 Å². The van der Waals surface area contributed by atoms with E-state index in [0.29, 0.717) is 0 Å². The summed E-state index contributed by atoms with van der Waals surface area (Å²) in [5.74, 6) is -0.558. The zero-order valence-corrected chi connectivity index (χ0v) is 8.93. The number of alkyl halides is 6. The summed E-state index contributed by atoms with van der Waals surface area (Å²) in [4.78, 5) is 2.80. The van der Waals surface area contributed by atoms with Crippen molar-refractivity contribution in [3.63, 3.8) is 0 Å². The van der Waals surface area contributed by atoms with Crippen LogP contribution in [0.3, 0.4) is 0 Å². The van der Waals surface area contributed by atoms with Crippen molar-refractivity contribution < 1.29 is 31.1 Å². The van der Waals surface area contributed by atoms with Crippen LogP contribution in [0.25, 0.3) is 0 Å². The molecule has 0 aliphatic rings. The summed E-state index contributed by atoms with van der Waals surface area (Å²) in [5, 5.41) is 5.48. The first-order valence-electron chi connectivity index (χ1n) is 4.62. The largest absolute Gasteiger partial charge is 0.437 e. The molecule has 0 saturated carbocycles. The lowest BCUT2D eigenvalue weighted by Gasteiger charge is -2.13. The maximum absolute atomic E-state index is 12.4. The van der Waals surface area contributed by atoms with Crippen LogP contribution in [0.5, 0.6) is 0 Å². The molecular weight excluding hydrogens is 268 g/mol. The van der Waals surface area contributed by atoms with E-state index in [1.54, 1.807) is 6.92 Å². The van der Waals surface area contributed by atoms with Crippen LogP contribution in [0.4, 0.5) is 26.3 Å². The highest BCUT2D eigenvalue weighted by atomic mass is 19.4. The molecule has 0 saturated heterocycles. The van der Waals surface area contributed by atoms with E-state index in [2.05, 4.69) is 15.2 Å². The Labute approximate surface area is 97.0 Å². The molecule has 18 heavy (non-hydrogen) atoms. The van der Waals surface area contributed by atoms with Crippen molar-refractivity contribution in [1.82, 2.24) is 15.2 Å². The molecule has 0 amide bonds. The molecule has 0 unspecified atom stereocenters. The fourth-order valence-corrected chi connectivity index (χ4v) is 1.00. The Balaban J connectivity index is 3.22. The first kappa shape index (κ1) is 14.6. The van der Waals surface area contributed by atoms with Crippen molar-refractivity contribution in [2.45, 2.75) is 25.9 Å². The van der Waals surface area contributed by atoms with Crippen LogP contribution in [0.2, 0.25) is 0 Å². The van der Waals surface area contributed by atoms with E-state index in [1.165, 1.54) is 0 Å². The summed E-state index contributed by atoms with van der Waals surface area (Å²) in [6.07, 6.45) is -10.5. The van der Waals surface area contributed by atoms with Gasteiger partial charge in [0.25, 0.3) is 0 Å². The van der Waals surface area contributed by atoms with Crippen LogP contribution in [-0.2, 0) is 23.7 Å². The van der Waals surface area contributed by atoms with Crippen molar-refractivity contribution in [1.29, 1.82) is 0 Å². The van der Waals surface area contributed by atoms with E-state index in [1.807, 2.05) is 0 Å². The average molecular weight is 275 g/mol. The van der Waals surface area contributed by atoms with Gasteiger partial charge in [0.05, 0.1) is 0 Å². The highest BCUT2D eigenvalue weighted by molar-refractivity contribution is 5.17. The van der Waals surface area contributed by atoms with Gasteiger partial charge < -0.3 is 4.74 Å². The molecule has 0 radical (unpaired) electrons. The standard InChI is InChI=1S/C8H7F6N3O/c1-2-18-3-4-15-5(7(9,10)11)6(17-16-4)8(12,13)14/h2-3H2,1H3. The van der Waals surface area contributed by atoms with Crippen molar-refractivity contribution in [2.75, 3.05) is 6.61 Å². The third kappa shape index (κ3) is 3.52. The third-order valence-corrected chi connectivity index (χ3v) is 1.70. The summed E-state index contributed by atoms with van der Waals surface area (Å²) < 4.78 is 78.8. The topological polar surface area (TPSA) is 47.9 Å². The van der Waals surface area contributed by atoms with Gasteiger partial charge in [-0.25, -0.2) is 4.98 Å². The highest BCUT2D eigenvalue weighted by Gasteiger charge is 2.47. The monoisotopic (exact) mass is 275 g/mol. The second-order valence-corrected chi connectivity index (χ2v) is 3.06. The Hall–Kier alpha value is -1.45. The van der Waals surface area contributed by atoms with E-state index in [4.69, 9.17) is 4.74 Å². The molecule has 0 atom stereocenters. The van der Waals surface area contributed by atoms with Crippen LogP contribution >= 0.6 is 0 Å². The molecule has 0 spiro atoms. The summed E-state index contributed by atoms with van der Waals surface area (Å²) in [6, 6.07) is 0. The molecule has 0 N–H and O–H groups in total. The number of ether oxygens (including phenoxy) is 1. The van der Waals surface area contributed by atoms with Crippen molar-refractivity contribution in [3.05, 3.63) is 17.2 Å². The summed E-state index contributed by atoms with van der Waals surface area (Å²) in [6.45, 7) is 1.28. The predicted molar refractivity (Wildman–Crippen MR) is 45.2 cm³/mol. The number of rotatable bonds is 3. The van der Waals surface area contributed by atoms with Gasteiger partial charge in [-0.15, -0.1) is 10.2 Å². The first-order chi connectivity index (χ1) is 8.16. The van der Waals surface area contributed by atoms with Crippen LogP contribution in [-0.4, -0.2) is 21.8 Å². The molecule has 102 valence electrons. The van der Waals surface area contributed by atoms with Crippen molar-refractivity contribution in [2.24, 2.45) is 0 Å². The molecule has 10 heteroatoms. The molecule has 0 bridgehead atoms. The number of aromatic nitrogens is 3. The van der Waals surface area contributed by atoms with Gasteiger partial charge in [0.15, 0.2) is 17.2 Å². The number of nitrogens with zero attached hydrogens (tertiary/aromatic N) is 3. The minimum atomic E-state index is -5.27. The van der Waals surface area contributed by atoms with Gasteiger partial charge in [-0.2, -0.15) is 26.3 Å². The molecule has 4 nitrogen and oxygen atoms in total. The van der Waals surface area contributed by atoms with Gasteiger partial charge in [0.1, 0.15) is 6.61 Å². The number of hydrogen-bond acceptors (Lipinski definition) is 4. The van der Waals surface area contributed by atoms with E-state index in [0.717, 1.165) is 0 Å². The minimum absolute atomic E-state index is 0.158. The van der Waals surface area contributed by atoms with Crippen LogP contribution in [0.15, 0.2) is 0 Å². The lowest BCUT2D eigenvalue weighted by molar-refractivity contribution is -0.168. The second-order valence-electron chi connectivity index (χ2n) is 3.06. The normalized spacial score (nSPS) is 12.8. The molecule has 0 aliphatic carbocycles. The van der Waals surface area contributed by atoms with Gasteiger partial charge in [-0.1, -0.05) is 0 Å². The van der Waals surface area contributed by atoms with Crippen LogP contribution in [0.1, 0.15) is 24.1 Å². The summed E-state index contributed by atoms with van der Waals surface area (Å²) >= 11 is 0. The van der Waals surface area contributed by atoms with E-state index in [-0.39, 0.29) is 6.61 Å². The fourth-order valence-electron chi connectivity index (χ4n) is 1.00. The number of hydrogen-bond donors (Lipinski definition) is 0. The van der Waals surface area contributed by atoms with Gasteiger partial charge in [-0.05, 0) is 6.92 Å². The van der Waals surface area contributed by atoms with E-state index < -0.39 is 36.2 Å². The lowest BCUT2D eigenvalue weighted by Crippen LogP contribution is -2.23. The minimum Gasteiger partial charge on any atom is -0.374 e. The molecule has 1 rings (SSSR count). The SMILES string of the molecule is CCOCc1nnc(C(F)(F)F)c(C(F)(F)F)n1. The van der Waals surface area contributed by atoms with E-state index >= 15 is 0 Å². The molecule has 0 fully saturated rings. The highest BCUT2D eigenvalue weighted by Crippen LogP contribution is 2.37. The van der Waals surface area contributed by atoms with Crippen LogP contribution in [0, 0.1) is 0 Å². The number of halogens is 6. The Morgan fingerprint density at radius 1 is 0.944 bits per heavy atom. The van der Waals surface area contributed by atoms with Gasteiger partial charge >= 0.3 is 12.4 Å². The molecular formula is C8H7F6N3O. The predicted octanol–water partition coefficient (Wildman–Crippen LogP) is 2.45. The molecule has 1 heterocycles. The Morgan fingerprint density at radius 3 is 1.94 bits per heavy atom. The summed E-state index contributed by atoms with van der Waals surface area (Å²) in [5.41, 5.74) is -4.27. The maximum atomic E-state index is 12.4. The van der Waals surface area contributed by atoms with E-state index in [9.17, 15) is 26.3 Å².